The van der Waals surface area contributed by atoms with Gasteiger partial charge in [-0.3, -0.25) is 14.5 Å². The topological polar surface area (TPSA) is 55.8 Å². The molecular weight excluding hydrogens is 350 g/mol. The molecule has 24 heavy (non-hydrogen) atoms. The Hall–Kier alpha value is -1.66. The highest BCUT2D eigenvalue weighted by Gasteiger charge is 2.37. The van der Waals surface area contributed by atoms with Gasteiger partial charge >= 0.3 is 0 Å². The normalized spacial score (nSPS) is 17.5. The summed E-state index contributed by atoms with van der Waals surface area (Å²) in [4.78, 5) is 26.2. The number of hydrogen-bond acceptors (Lipinski definition) is 5. The van der Waals surface area contributed by atoms with Crippen LogP contribution in [0, 0.1) is 0 Å². The van der Waals surface area contributed by atoms with Crippen LogP contribution in [0.1, 0.15) is 32.8 Å². The van der Waals surface area contributed by atoms with Crippen molar-refractivity contribution in [3.8, 4) is 11.5 Å². The average molecular weight is 370 g/mol. The van der Waals surface area contributed by atoms with E-state index in [1.807, 2.05) is 20.8 Å². The van der Waals surface area contributed by atoms with E-state index in [-0.39, 0.29) is 17.2 Å². The van der Waals surface area contributed by atoms with Gasteiger partial charge in [-0.1, -0.05) is 18.5 Å². The van der Waals surface area contributed by atoms with E-state index < -0.39 is 0 Å². The molecule has 130 valence electrons. The lowest BCUT2D eigenvalue weighted by atomic mass is 10.1. The van der Waals surface area contributed by atoms with E-state index in [1.54, 1.807) is 18.2 Å². The minimum absolute atomic E-state index is 0.123. The number of nitrogens with zero attached hydrogens (tertiary/aromatic N) is 1. The molecule has 0 aromatic heterocycles. The van der Waals surface area contributed by atoms with Crippen LogP contribution in [-0.2, 0) is 4.79 Å². The molecule has 0 bridgehead atoms. The van der Waals surface area contributed by atoms with Gasteiger partial charge in [0.2, 0.25) is 0 Å². The quantitative estimate of drug-likeness (QED) is 0.687. The Morgan fingerprint density at radius 2 is 2.04 bits per heavy atom. The van der Waals surface area contributed by atoms with Crippen molar-refractivity contribution in [2.75, 3.05) is 13.7 Å². The number of amides is 2. The lowest BCUT2D eigenvalue weighted by Gasteiger charge is -2.19. The number of carbonyl (C=O) groups excluding carboxylic acids is 2. The second kappa shape index (κ2) is 7.94. The summed E-state index contributed by atoms with van der Waals surface area (Å²) in [5, 5.41) is 0.140. The molecule has 1 aromatic rings. The van der Waals surface area contributed by atoms with Crippen molar-refractivity contribution in [3.63, 3.8) is 0 Å². The van der Waals surface area contributed by atoms with Crippen molar-refractivity contribution < 1.29 is 19.1 Å². The SMILES string of the molecule is CCOc1cc(/C=C2/SC(=O)N([C@@H](C)CC)C2=O)cc(Cl)c1OC. The fourth-order valence-corrected chi connectivity index (χ4v) is 3.55. The predicted molar refractivity (Wildman–Crippen MR) is 96.7 cm³/mol. The minimum atomic E-state index is -0.274. The van der Waals surface area contributed by atoms with E-state index in [1.165, 1.54) is 12.0 Å². The third kappa shape index (κ3) is 3.70. The van der Waals surface area contributed by atoms with E-state index in [0.29, 0.717) is 40.0 Å². The van der Waals surface area contributed by atoms with Crippen molar-refractivity contribution in [2.45, 2.75) is 33.2 Å². The molecule has 2 amide bonds. The second-order valence-electron chi connectivity index (χ2n) is 5.28. The van der Waals surface area contributed by atoms with Gasteiger partial charge in [0.05, 0.1) is 23.6 Å². The zero-order valence-corrected chi connectivity index (χ0v) is 15.7. The third-order valence-electron chi connectivity index (χ3n) is 3.69. The molecule has 1 heterocycles. The Balaban J connectivity index is 2.38. The molecule has 1 saturated heterocycles. The number of imide groups is 1. The molecule has 0 radical (unpaired) electrons. The van der Waals surface area contributed by atoms with Crippen LogP contribution in [0.3, 0.4) is 0 Å². The standard InChI is InChI=1S/C17H20ClNO4S/c1-5-10(3)19-16(20)14(24-17(19)21)9-11-7-12(18)15(22-4)13(8-11)23-6-2/h7-10H,5-6H2,1-4H3/b14-9+/t10-/m0/s1. The van der Waals surface area contributed by atoms with E-state index in [4.69, 9.17) is 21.1 Å². The van der Waals surface area contributed by atoms with Crippen LogP contribution >= 0.6 is 23.4 Å². The van der Waals surface area contributed by atoms with Gasteiger partial charge in [0.15, 0.2) is 11.5 Å². The Kier molecular flexibility index (Phi) is 6.18. The molecule has 7 heteroatoms. The van der Waals surface area contributed by atoms with Gasteiger partial charge in [0.25, 0.3) is 11.1 Å². The van der Waals surface area contributed by atoms with Crippen LogP contribution in [-0.4, -0.2) is 35.8 Å². The van der Waals surface area contributed by atoms with E-state index in [0.717, 1.165) is 11.8 Å². The Morgan fingerprint density at radius 3 is 2.62 bits per heavy atom. The molecule has 0 unspecified atom stereocenters. The van der Waals surface area contributed by atoms with Crippen LogP contribution in [0.15, 0.2) is 17.0 Å². The fraction of sp³-hybridized carbons (Fsp3) is 0.412. The zero-order chi connectivity index (χ0) is 17.9. The summed E-state index contributed by atoms with van der Waals surface area (Å²) in [7, 11) is 1.51. The molecule has 0 aliphatic carbocycles. The fourth-order valence-electron chi connectivity index (χ4n) is 2.33. The van der Waals surface area contributed by atoms with Gasteiger partial charge in [-0.15, -0.1) is 0 Å². The molecule has 0 N–H and O–H groups in total. The molecule has 1 fully saturated rings. The zero-order valence-electron chi connectivity index (χ0n) is 14.1. The summed E-state index contributed by atoms with van der Waals surface area (Å²) in [6.07, 6.45) is 2.37. The van der Waals surface area contributed by atoms with E-state index >= 15 is 0 Å². The molecule has 1 aliphatic rings. The third-order valence-corrected chi connectivity index (χ3v) is 4.85. The molecule has 0 saturated carbocycles. The van der Waals surface area contributed by atoms with E-state index in [9.17, 15) is 9.59 Å². The molecule has 1 aliphatic heterocycles. The predicted octanol–water partition coefficient (Wildman–Crippen LogP) is 4.58. The second-order valence-corrected chi connectivity index (χ2v) is 6.68. The Morgan fingerprint density at radius 1 is 1.33 bits per heavy atom. The number of ether oxygens (including phenoxy) is 2. The molecule has 1 aromatic carbocycles. The summed E-state index contributed by atoms with van der Waals surface area (Å²) in [6, 6.07) is 3.30. The summed E-state index contributed by atoms with van der Waals surface area (Å²) in [5.74, 6) is 0.674. The molecule has 2 rings (SSSR count). The minimum Gasteiger partial charge on any atom is -0.491 e. The van der Waals surface area contributed by atoms with Crippen molar-refractivity contribution >= 4 is 40.6 Å². The van der Waals surface area contributed by atoms with Crippen LogP contribution in [0.5, 0.6) is 11.5 Å². The number of hydrogen-bond donors (Lipinski definition) is 0. The molecule has 1 atom stereocenters. The van der Waals surface area contributed by atoms with Gasteiger partial charge in [-0.05, 0) is 55.8 Å². The maximum atomic E-state index is 12.5. The van der Waals surface area contributed by atoms with Gasteiger partial charge in [-0.25, -0.2) is 0 Å². The largest absolute Gasteiger partial charge is 0.491 e. The van der Waals surface area contributed by atoms with Crippen LogP contribution < -0.4 is 9.47 Å². The number of methoxy groups -OCH3 is 1. The first-order valence-electron chi connectivity index (χ1n) is 7.70. The smallest absolute Gasteiger partial charge is 0.293 e. The monoisotopic (exact) mass is 369 g/mol. The summed E-state index contributed by atoms with van der Waals surface area (Å²) in [5.41, 5.74) is 0.680. The highest BCUT2D eigenvalue weighted by atomic mass is 35.5. The molecular formula is C17H20ClNO4S. The number of benzene rings is 1. The number of thioether (sulfide) groups is 1. The van der Waals surface area contributed by atoms with Gasteiger partial charge in [-0.2, -0.15) is 0 Å². The molecule has 5 nitrogen and oxygen atoms in total. The lowest BCUT2D eigenvalue weighted by Crippen LogP contribution is -2.36. The van der Waals surface area contributed by atoms with E-state index in [2.05, 4.69) is 0 Å². The van der Waals surface area contributed by atoms with Crippen molar-refractivity contribution in [1.29, 1.82) is 0 Å². The first-order valence-corrected chi connectivity index (χ1v) is 8.89. The first-order chi connectivity index (χ1) is 11.4. The Labute approximate surface area is 150 Å². The van der Waals surface area contributed by atoms with Gasteiger partial charge < -0.3 is 9.47 Å². The number of rotatable bonds is 6. The maximum absolute atomic E-state index is 12.5. The highest BCUT2D eigenvalue weighted by Crippen LogP contribution is 2.39. The van der Waals surface area contributed by atoms with Crippen LogP contribution in [0.4, 0.5) is 4.79 Å². The Bertz CT molecular complexity index is 689. The summed E-state index contributed by atoms with van der Waals surface area (Å²) >= 11 is 7.16. The van der Waals surface area contributed by atoms with Crippen molar-refractivity contribution in [3.05, 3.63) is 27.6 Å². The summed E-state index contributed by atoms with van der Waals surface area (Å²) < 4.78 is 10.8. The summed E-state index contributed by atoms with van der Waals surface area (Å²) in [6.45, 7) is 6.12. The van der Waals surface area contributed by atoms with Gasteiger partial charge in [0.1, 0.15) is 0 Å². The average Bonchev–Trinajstić information content (AvgIpc) is 2.81. The lowest BCUT2D eigenvalue weighted by molar-refractivity contribution is -0.124. The van der Waals surface area contributed by atoms with Crippen LogP contribution in [0.25, 0.3) is 6.08 Å². The number of halogens is 1. The number of carbonyl (C=O) groups is 2. The first kappa shape index (κ1) is 18.7. The highest BCUT2D eigenvalue weighted by molar-refractivity contribution is 8.18. The van der Waals surface area contributed by atoms with Gasteiger partial charge in [0, 0.05) is 6.04 Å². The van der Waals surface area contributed by atoms with Crippen molar-refractivity contribution in [2.24, 2.45) is 0 Å². The van der Waals surface area contributed by atoms with Crippen LogP contribution in [0.2, 0.25) is 5.02 Å². The molecule has 0 spiro atoms. The maximum Gasteiger partial charge on any atom is 0.293 e. The van der Waals surface area contributed by atoms with Crippen molar-refractivity contribution in [1.82, 2.24) is 4.90 Å².